The van der Waals surface area contributed by atoms with Crippen LogP contribution in [0.25, 0.3) is 10.2 Å². The molecule has 1 aromatic heterocycles. The number of hydrogen-bond donors (Lipinski definition) is 2. The van der Waals surface area contributed by atoms with Crippen LogP contribution in [-0.4, -0.2) is 38.7 Å². The third-order valence-electron chi connectivity index (χ3n) is 4.19. The Kier molecular flexibility index (Phi) is 5.51. The van der Waals surface area contributed by atoms with Crippen LogP contribution in [0.1, 0.15) is 23.8 Å². The number of fused-ring (bicyclic) bond motifs is 1. The third-order valence-corrected chi connectivity index (χ3v) is 6.08. The highest BCUT2D eigenvalue weighted by atomic mass is 32.2. The quantitative estimate of drug-likeness (QED) is 0.594. The first-order valence-corrected chi connectivity index (χ1v) is 10.9. The maximum atomic E-state index is 12.6. The number of para-hydroxylation sites is 1. The number of benzene rings is 1. The number of nitrogens with one attached hydrogen (secondary N) is 2. The Hall–Kier alpha value is -1.77. The van der Waals surface area contributed by atoms with Gasteiger partial charge in [0.1, 0.15) is 0 Å². The topological polar surface area (TPSA) is 88.2 Å². The SMILES string of the molecule is CS(=O)(=O)NCCNC(=O)[C@@H]1CC=CC[C@H]1c1nc2ccccc2s1. The Bertz CT molecular complexity index is 856. The van der Waals surface area contributed by atoms with Crippen molar-refractivity contribution in [3.63, 3.8) is 0 Å². The summed E-state index contributed by atoms with van der Waals surface area (Å²) in [5, 5.41) is 3.82. The second kappa shape index (κ2) is 7.63. The summed E-state index contributed by atoms with van der Waals surface area (Å²) in [6, 6.07) is 7.98. The van der Waals surface area contributed by atoms with Crippen molar-refractivity contribution < 1.29 is 13.2 Å². The van der Waals surface area contributed by atoms with Crippen molar-refractivity contribution in [3.8, 4) is 0 Å². The fraction of sp³-hybridized carbons (Fsp3) is 0.412. The maximum Gasteiger partial charge on any atom is 0.224 e. The van der Waals surface area contributed by atoms with E-state index in [0.717, 1.165) is 27.9 Å². The van der Waals surface area contributed by atoms with Crippen LogP contribution in [0.3, 0.4) is 0 Å². The average molecular weight is 380 g/mol. The first-order chi connectivity index (χ1) is 11.9. The van der Waals surface area contributed by atoms with Gasteiger partial charge in [-0.25, -0.2) is 18.1 Å². The molecule has 0 saturated carbocycles. The lowest BCUT2D eigenvalue weighted by molar-refractivity contribution is -0.125. The predicted molar refractivity (Wildman–Crippen MR) is 100 cm³/mol. The van der Waals surface area contributed by atoms with E-state index in [0.29, 0.717) is 6.42 Å². The molecule has 0 spiro atoms. The summed E-state index contributed by atoms with van der Waals surface area (Å²) in [5.74, 6) is -0.169. The van der Waals surface area contributed by atoms with Crippen LogP contribution >= 0.6 is 11.3 Å². The van der Waals surface area contributed by atoms with Crippen molar-refractivity contribution >= 4 is 37.5 Å². The van der Waals surface area contributed by atoms with Crippen LogP contribution in [0.15, 0.2) is 36.4 Å². The van der Waals surface area contributed by atoms with Gasteiger partial charge in [-0.2, -0.15) is 0 Å². The highest BCUT2D eigenvalue weighted by molar-refractivity contribution is 7.88. The second-order valence-corrected chi connectivity index (χ2v) is 9.03. The van der Waals surface area contributed by atoms with Gasteiger partial charge < -0.3 is 5.32 Å². The van der Waals surface area contributed by atoms with E-state index in [-0.39, 0.29) is 30.8 Å². The zero-order chi connectivity index (χ0) is 17.9. The van der Waals surface area contributed by atoms with Gasteiger partial charge in [0.15, 0.2) is 0 Å². The minimum Gasteiger partial charge on any atom is -0.355 e. The molecule has 0 fully saturated rings. The predicted octanol–water partition coefficient (Wildman–Crippen LogP) is 2.01. The van der Waals surface area contributed by atoms with E-state index >= 15 is 0 Å². The molecule has 8 heteroatoms. The number of carbonyl (C=O) groups is 1. The van der Waals surface area contributed by atoms with E-state index in [9.17, 15) is 13.2 Å². The summed E-state index contributed by atoms with van der Waals surface area (Å²) in [6.45, 7) is 0.470. The van der Waals surface area contributed by atoms with Gasteiger partial charge in [0.2, 0.25) is 15.9 Å². The molecule has 1 heterocycles. The molecule has 25 heavy (non-hydrogen) atoms. The molecule has 1 aromatic carbocycles. The minimum atomic E-state index is -3.24. The normalized spacial score (nSPS) is 20.7. The summed E-state index contributed by atoms with van der Waals surface area (Å²) >= 11 is 1.64. The van der Waals surface area contributed by atoms with Gasteiger partial charge in [-0.3, -0.25) is 4.79 Å². The highest BCUT2D eigenvalue weighted by Gasteiger charge is 2.32. The van der Waals surface area contributed by atoms with Gasteiger partial charge in [-0.1, -0.05) is 24.3 Å². The Labute approximate surface area is 151 Å². The smallest absolute Gasteiger partial charge is 0.224 e. The van der Waals surface area contributed by atoms with Crippen molar-refractivity contribution in [1.82, 2.24) is 15.0 Å². The van der Waals surface area contributed by atoms with Crippen LogP contribution in [0.5, 0.6) is 0 Å². The molecular formula is C17H21N3O3S2. The van der Waals surface area contributed by atoms with Crippen molar-refractivity contribution in [2.24, 2.45) is 5.92 Å². The van der Waals surface area contributed by atoms with Gasteiger partial charge in [0.05, 0.1) is 27.4 Å². The van der Waals surface area contributed by atoms with Crippen LogP contribution in [0, 0.1) is 5.92 Å². The second-order valence-electron chi connectivity index (χ2n) is 6.13. The molecule has 1 aliphatic rings. The van der Waals surface area contributed by atoms with Gasteiger partial charge in [0, 0.05) is 19.0 Å². The van der Waals surface area contributed by atoms with E-state index in [2.05, 4.69) is 16.1 Å². The molecule has 0 saturated heterocycles. The monoisotopic (exact) mass is 379 g/mol. The summed E-state index contributed by atoms with van der Waals surface area (Å²) in [6.07, 6.45) is 6.70. The van der Waals surface area contributed by atoms with E-state index < -0.39 is 10.0 Å². The van der Waals surface area contributed by atoms with Crippen LogP contribution in [-0.2, 0) is 14.8 Å². The average Bonchev–Trinajstić information content (AvgIpc) is 3.01. The molecule has 2 N–H and O–H groups in total. The molecule has 1 amide bonds. The van der Waals surface area contributed by atoms with Crippen LogP contribution < -0.4 is 10.0 Å². The Balaban J connectivity index is 1.68. The summed E-state index contributed by atoms with van der Waals surface area (Å²) in [4.78, 5) is 17.3. The Morgan fingerprint density at radius 3 is 2.76 bits per heavy atom. The van der Waals surface area contributed by atoms with E-state index in [4.69, 9.17) is 4.98 Å². The van der Waals surface area contributed by atoms with Gasteiger partial charge in [-0.05, 0) is 25.0 Å². The molecule has 134 valence electrons. The number of sulfonamides is 1. The number of aromatic nitrogens is 1. The van der Waals surface area contributed by atoms with Crippen LogP contribution in [0.4, 0.5) is 0 Å². The number of rotatable bonds is 6. The molecular weight excluding hydrogens is 358 g/mol. The van der Waals surface area contributed by atoms with Crippen molar-refractivity contribution in [3.05, 3.63) is 41.4 Å². The van der Waals surface area contributed by atoms with Crippen molar-refractivity contribution in [2.45, 2.75) is 18.8 Å². The first-order valence-electron chi connectivity index (χ1n) is 8.17. The number of allylic oxidation sites excluding steroid dienone is 2. The van der Waals surface area contributed by atoms with Crippen molar-refractivity contribution in [1.29, 1.82) is 0 Å². The molecule has 0 unspecified atom stereocenters. The van der Waals surface area contributed by atoms with Gasteiger partial charge in [-0.15, -0.1) is 11.3 Å². The molecule has 0 bridgehead atoms. The van der Waals surface area contributed by atoms with Gasteiger partial charge >= 0.3 is 0 Å². The summed E-state index contributed by atoms with van der Waals surface area (Å²) < 4.78 is 25.6. The molecule has 6 nitrogen and oxygen atoms in total. The third kappa shape index (κ3) is 4.65. The Morgan fingerprint density at radius 1 is 1.24 bits per heavy atom. The number of carbonyl (C=O) groups excluding carboxylic acids is 1. The minimum absolute atomic E-state index is 0.0519. The lowest BCUT2D eigenvalue weighted by Gasteiger charge is -2.26. The lowest BCUT2D eigenvalue weighted by atomic mass is 9.82. The number of nitrogens with zero attached hydrogens (tertiary/aromatic N) is 1. The number of amides is 1. The highest BCUT2D eigenvalue weighted by Crippen LogP contribution is 2.38. The fourth-order valence-electron chi connectivity index (χ4n) is 2.98. The maximum absolute atomic E-state index is 12.6. The Morgan fingerprint density at radius 2 is 2.00 bits per heavy atom. The zero-order valence-electron chi connectivity index (χ0n) is 13.9. The number of hydrogen-bond acceptors (Lipinski definition) is 5. The van der Waals surface area contributed by atoms with Crippen molar-refractivity contribution in [2.75, 3.05) is 19.3 Å². The standard InChI is InChI=1S/C17H21N3O3S2/c1-25(22,23)19-11-10-18-16(21)12-6-2-3-7-13(12)17-20-14-8-4-5-9-15(14)24-17/h2-5,8-9,12-13,19H,6-7,10-11H2,1H3,(H,18,21)/t12-,13-/m1/s1. The first kappa shape index (κ1) is 18.0. The fourth-order valence-corrected chi connectivity index (χ4v) is 4.60. The molecule has 2 aromatic rings. The molecule has 2 atom stereocenters. The molecule has 0 aliphatic heterocycles. The molecule has 1 aliphatic carbocycles. The van der Waals surface area contributed by atoms with Gasteiger partial charge in [0.25, 0.3) is 0 Å². The van der Waals surface area contributed by atoms with E-state index in [1.54, 1.807) is 11.3 Å². The zero-order valence-corrected chi connectivity index (χ0v) is 15.6. The van der Waals surface area contributed by atoms with E-state index in [1.807, 2.05) is 30.3 Å². The number of thiazole rings is 1. The summed E-state index contributed by atoms with van der Waals surface area (Å²) in [5.41, 5.74) is 0.966. The summed E-state index contributed by atoms with van der Waals surface area (Å²) in [7, 11) is -3.24. The van der Waals surface area contributed by atoms with Crippen LogP contribution in [0.2, 0.25) is 0 Å². The largest absolute Gasteiger partial charge is 0.355 e. The molecule has 0 radical (unpaired) electrons. The van der Waals surface area contributed by atoms with E-state index in [1.165, 1.54) is 0 Å². The lowest BCUT2D eigenvalue weighted by Crippen LogP contribution is -2.39. The molecule has 3 rings (SSSR count).